The third kappa shape index (κ3) is 3.52. The quantitative estimate of drug-likeness (QED) is 0.828. The van der Waals surface area contributed by atoms with Crippen molar-refractivity contribution in [3.63, 3.8) is 0 Å². The van der Waals surface area contributed by atoms with Crippen molar-refractivity contribution < 1.29 is 19.8 Å². The first-order valence-corrected chi connectivity index (χ1v) is 7.04. The number of rotatable bonds is 5. The van der Waals surface area contributed by atoms with Crippen molar-refractivity contribution in [2.75, 3.05) is 0 Å². The van der Waals surface area contributed by atoms with Gasteiger partial charge in [0.05, 0.1) is 11.1 Å². The normalized spacial score (nSPS) is 10.5. The molecule has 0 aliphatic heterocycles. The molecule has 2 aromatic rings. The number of hydrogen-bond acceptors (Lipinski definition) is 4. The zero-order valence-electron chi connectivity index (χ0n) is 12.6. The summed E-state index contributed by atoms with van der Waals surface area (Å²) >= 11 is 0. The number of aryl methyl sites for hydroxylation is 2. The lowest BCUT2D eigenvalue weighted by Gasteiger charge is -2.06. The molecule has 0 atom stereocenters. The summed E-state index contributed by atoms with van der Waals surface area (Å²) in [4.78, 5) is 24.2. The van der Waals surface area contributed by atoms with Crippen LogP contribution in [-0.2, 0) is 0 Å². The highest BCUT2D eigenvalue weighted by molar-refractivity contribution is 6.04. The molecular formula is C18H18O4. The van der Waals surface area contributed by atoms with Crippen LogP contribution >= 0.6 is 0 Å². The molecule has 0 aliphatic carbocycles. The standard InChI is InChI=1S/C18H18O4/c1-11-3-5-13(17(21)9-11)15(19)7-8-16(20)14-6-4-12(2)10-18(14)22/h3-6,9-10,21-22H,7-8H2,1-2H3. The Balaban J connectivity index is 2.06. The van der Waals surface area contributed by atoms with Gasteiger partial charge in [0.25, 0.3) is 0 Å². The van der Waals surface area contributed by atoms with Crippen LogP contribution in [-0.4, -0.2) is 21.8 Å². The second-order valence-corrected chi connectivity index (χ2v) is 5.39. The summed E-state index contributed by atoms with van der Waals surface area (Å²) in [5.74, 6) is -0.735. The van der Waals surface area contributed by atoms with Crippen molar-refractivity contribution >= 4 is 11.6 Å². The number of phenols is 2. The van der Waals surface area contributed by atoms with Crippen LogP contribution in [0.25, 0.3) is 0 Å². The summed E-state index contributed by atoms with van der Waals surface area (Å²) < 4.78 is 0. The van der Waals surface area contributed by atoms with E-state index in [-0.39, 0.29) is 47.0 Å². The first kappa shape index (κ1) is 15.8. The second kappa shape index (κ2) is 6.43. The zero-order chi connectivity index (χ0) is 16.3. The Hall–Kier alpha value is -2.62. The van der Waals surface area contributed by atoms with Crippen molar-refractivity contribution in [1.82, 2.24) is 0 Å². The highest BCUT2D eigenvalue weighted by Crippen LogP contribution is 2.23. The Morgan fingerprint density at radius 2 is 1.14 bits per heavy atom. The van der Waals surface area contributed by atoms with Gasteiger partial charge in [-0.05, 0) is 49.2 Å². The lowest BCUT2D eigenvalue weighted by molar-refractivity contribution is 0.0914. The van der Waals surface area contributed by atoms with Gasteiger partial charge in [-0.25, -0.2) is 0 Å². The lowest BCUT2D eigenvalue weighted by Crippen LogP contribution is -2.06. The smallest absolute Gasteiger partial charge is 0.167 e. The molecule has 0 aromatic heterocycles. The maximum absolute atomic E-state index is 12.1. The third-order valence-electron chi connectivity index (χ3n) is 3.49. The molecule has 0 unspecified atom stereocenters. The molecule has 4 heteroatoms. The van der Waals surface area contributed by atoms with Crippen LogP contribution in [0.3, 0.4) is 0 Å². The minimum Gasteiger partial charge on any atom is -0.507 e. The number of aromatic hydroxyl groups is 2. The molecule has 2 rings (SSSR count). The van der Waals surface area contributed by atoms with Crippen LogP contribution in [0.2, 0.25) is 0 Å². The van der Waals surface area contributed by atoms with E-state index in [2.05, 4.69) is 0 Å². The van der Waals surface area contributed by atoms with Crippen LogP contribution in [0, 0.1) is 13.8 Å². The van der Waals surface area contributed by atoms with E-state index in [1.54, 1.807) is 24.3 Å². The fourth-order valence-electron chi connectivity index (χ4n) is 2.25. The van der Waals surface area contributed by atoms with Crippen LogP contribution in [0.1, 0.15) is 44.7 Å². The number of phenolic OH excluding ortho intramolecular Hbond substituents is 2. The number of benzene rings is 2. The van der Waals surface area contributed by atoms with Crippen molar-refractivity contribution in [2.45, 2.75) is 26.7 Å². The van der Waals surface area contributed by atoms with Crippen molar-refractivity contribution in [3.8, 4) is 11.5 Å². The second-order valence-electron chi connectivity index (χ2n) is 5.39. The highest BCUT2D eigenvalue weighted by atomic mass is 16.3. The summed E-state index contributed by atoms with van der Waals surface area (Å²) in [7, 11) is 0. The molecule has 0 amide bonds. The number of Topliss-reactive ketones (excluding diaryl/α,β-unsaturated/α-hetero) is 2. The molecule has 0 aliphatic rings. The van der Waals surface area contributed by atoms with E-state index < -0.39 is 0 Å². The molecule has 0 saturated heterocycles. The monoisotopic (exact) mass is 298 g/mol. The number of hydrogen-bond donors (Lipinski definition) is 2. The van der Waals surface area contributed by atoms with E-state index in [1.165, 1.54) is 12.1 Å². The highest BCUT2D eigenvalue weighted by Gasteiger charge is 2.16. The maximum Gasteiger partial charge on any atom is 0.167 e. The average Bonchev–Trinajstić information content (AvgIpc) is 2.44. The molecule has 0 fully saturated rings. The molecule has 22 heavy (non-hydrogen) atoms. The Kier molecular flexibility index (Phi) is 4.61. The number of carbonyl (C=O) groups excluding carboxylic acids is 2. The minimum absolute atomic E-state index is 0.0111. The van der Waals surface area contributed by atoms with Crippen molar-refractivity contribution in [2.24, 2.45) is 0 Å². The van der Waals surface area contributed by atoms with Gasteiger partial charge >= 0.3 is 0 Å². The molecule has 0 spiro atoms. The zero-order valence-corrected chi connectivity index (χ0v) is 12.6. The first-order valence-electron chi connectivity index (χ1n) is 7.04. The fourth-order valence-corrected chi connectivity index (χ4v) is 2.25. The topological polar surface area (TPSA) is 74.6 Å². The fraction of sp³-hybridized carbons (Fsp3) is 0.222. The maximum atomic E-state index is 12.1. The van der Waals surface area contributed by atoms with Crippen LogP contribution in [0.15, 0.2) is 36.4 Å². The largest absolute Gasteiger partial charge is 0.507 e. The molecular weight excluding hydrogens is 280 g/mol. The SMILES string of the molecule is Cc1ccc(C(=O)CCC(=O)c2ccc(C)cc2O)c(O)c1. The Bertz CT molecular complexity index is 668. The summed E-state index contributed by atoms with van der Waals surface area (Å²) in [5.41, 5.74) is 2.14. The average molecular weight is 298 g/mol. The molecule has 114 valence electrons. The van der Waals surface area contributed by atoms with E-state index in [4.69, 9.17) is 0 Å². The lowest BCUT2D eigenvalue weighted by atomic mass is 9.99. The van der Waals surface area contributed by atoms with Gasteiger partial charge in [0, 0.05) is 12.8 Å². The molecule has 4 nitrogen and oxygen atoms in total. The van der Waals surface area contributed by atoms with Crippen molar-refractivity contribution in [1.29, 1.82) is 0 Å². The van der Waals surface area contributed by atoms with E-state index in [1.807, 2.05) is 13.8 Å². The van der Waals surface area contributed by atoms with Crippen molar-refractivity contribution in [3.05, 3.63) is 58.7 Å². The Morgan fingerprint density at radius 3 is 1.45 bits per heavy atom. The third-order valence-corrected chi connectivity index (χ3v) is 3.49. The predicted octanol–water partition coefficient (Wildman–Crippen LogP) is 3.56. The molecule has 0 bridgehead atoms. The van der Waals surface area contributed by atoms with Gasteiger partial charge in [0.2, 0.25) is 0 Å². The van der Waals surface area contributed by atoms with Gasteiger partial charge in [-0.15, -0.1) is 0 Å². The summed E-state index contributed by atoms with van der Waals surface area (Å²) in [5, 5.41) is 19.5. The van der Waals surface area contributed by atoms with Gasteiger partial charge in [0.15, 0.2) is 11.6 Å². The molecule has 2 aromatic carbocycles. The summed E-state index contributed by atoms with van der Waals surface area (Å²) in [6, 6.07) is 9.62. The Morgan fingerprint density at radius 1 is 0.773 bits per heavy atom. The van der Waals surface area contributed by atoms with E-state index >= 15 is 0 Å². The van der Waals surface area contributed by atoms with Gasteiger partial charge < -0.3 is 10.2 Å². The number of ketones is 2. The van der Waals surface area contributed by atoms with Gasteiger partial charge in [-0.2, -0.15) is 0 Å². The minimum atomic E-state index is -0.294. The van der Waals surface area contributed by atoms with Gasteiger partial charge in [-0.1, -0.05) is 12.1 Å². The van der Waals surface area contributed by atoms with E-state index in [0.29, 0.717) is 0 Å². The molecule has 0 radical (unpaired) electrons. The Labute approximate surface area is 129 Å². The summed E-state index contributed by atoms with van der Waals surface area (Å²) in [6.45, 7) is 3.63. The molecule has 0 saturated carbocycles. The predicted molar refractivity (Wildman–Crippen MR) is 83.6 cm³/mol. The van der Waals surface area contributed by atoms with Gasteiger partial charge in [0.1, 0.15) is 11.5 Å². The molecule has 2 N–H and O–H groups in total. The van der Waals surface area contributed by atoms with E-state index in [0.717, 1.165) is 11.1 Å². The first-order chi connectivity index (χ1) is 10.4. The molecule has 0 heterocycles. The van der Waals surface area contributed by atoms with Crippen LogP contribution in [0.4, 0.5) is 0 Å². The van der Waals surface area contributed by atoms with Crippen LogP contribution < -0.4 is 0 Å². The van der Waals surface area contributed by atoms with Crippen LogP contribution in [0.5, 0.6) is 11.5 Å². The van der Waals surface area contributed by atoms with E-state index in [9.17, 15) is 19.8 Å². The van der Waals surface area contributed by atoms with Gasteiger partial charge in [-0.3, -0.25) is 9.59 Å². The summed E-state index contributed by atoms with van der Waals surface area (Å²) in [6.07, 6.45) is -0.0223. The number of carbonyl (C=O) groups is 2.